The van der Waals surface area contributed by atoms with Gasteiger partial charge in [0.05, 0.1) is 15.7 Å². The summed E-state index contributed by atoms with van der Waals surface area (Å²) in [7, 11) is 0. The van der Waals surface area contributed by atoms with Gasteiger partial charge in [0.25, 0.3) is 0 Å². The quantitative estimate of drug-likeness (QED) is 0.757. The molecule has 4 nitrogen and oxygen atoms in total. The van der Waals surface area contributed by atoms with Crippen molar-refractivity contribution in [3.05, 3.63) is 40.6 Å². The summed E-state index contributed by atoms with van der Waals surface area (Å²) in [5.41, 5.74) is 0.720. The van der Waals surface area contributed by atoms with Crippen molar-refractivity contribution in [3.8, 4) is 0 Å². The third-order valence-electron chi connectivity index (χ3n) is 2.72. The molecule has 0 fully saturated rings. The van der Waals surface area contributed by atoms with Crippen LogP contribution in [0, 0.1) is 0 Å². The van der Waals surface area contributed by atoms with Crippen LogP contribution in [0.3, 0.4) is 0 Å². The van der Waals surface area contributed by atoms with Crippen LogP contribution in [0.4, 0.5) is 17.3 Å². The van der Waals surface area contributed by atoms with E-state index in [0.29, 0.717) is 15.9 Å². The van der Waals surface area contributed by atoms with E-state index in [2.05, 4.69) is 27.5 Å². The average Bonchev–Trinajstić information content (AvgIpc) is 2.45. The van der Waals surface area contributed by atoms with Crippen LogP contribution in [0.1, 0.15) is 19.8 Å². The lowest BCUT2D eigenvalue weighted by molar-refractivity contribution is 0.830. The number of aromatic nitrogens is 2. The molecule has 106 valence electrons. The molecule has 0 spiro atoms. The van der Waals surface area contributed by atoms with Crippen LogP contribution in [0.25, 0.3) is 0 Å². The number of nitrogens with one attached hydrogen (secondary N) is 2. The number of hydrogen-bond acceptors (Lipinski definition) is 4. The predicted octanol–water partition coefficient (Wildman–Crippen LogP) is 4.74. The van der Waals surface area contributed by atoms with Gasteiger partial charge in [0.2, 0.25) is 0 Å². The molecule has 0 amide bonds. The predicted molar refractivity (Wildman–Crippen MR) is 85.2 cm³/mol. The Hall–Kier alpha value is -1.52. The molecule has 0 unspecified atom stereocenters. The molecule has 0 aliphatic rings. The highest BCUT2D eigenvalue weighted by Crippen LogP contribution is 2.31. The van der Waals surface area contributed by atoms with Crippen LogP contribution in [0.15, 0.2) is 30.6 Å². The first-order valence-electron chi connectivity index (χ1n) is 6.47. The van der Waals surface area contributed by atoms with Crippen molar-refractivity contribution in [3.63, 3.8) is 0 Å². The van der Waals surface area contributed by atoms with Gasteiger partial charge in [-0.1, -0.05) is 42.6 Å². The van der Waals surface area contributed by atoms with Crippen LogP contribution < -0.4 is 10.6 Å². The normalized spacial score (nSPS) is 10.3. The molecule has 0 saturated heterocycles. The van der Waals surface area contributed by atoms with Crippen LogP contribution in [-0.2, 0) is 0 Å². The number of halogens is 2. The molecule has 1 heterocycles. The van der Waals surface area contributed by atoms with E-state index in [1.54, 1.807) is 6.07 Å². The summed E-state index contributed by atoms with van der Waals surface area (Å²) in [6, 6.07) is 7.26. The monoisotopic (exact) mass is 310 g/mol. The van der Waals surface area contributed by atoms with Crippen molar-refractivity contribution in [1.82, 2.24) is 9.97 Å². The average molecular weight is 311 g/mol. The fourth-order valence-corrected chi connectivity index (χ4v) is 2.00. The van der Waals surface area contributed by atoms with E-state index in [1.807, 2.05) is 18.2 Å². The molecule has 6 heteroatoms. The maximum absolute atomic E-state index is 6.13. The molecule has 1 aromatic carbocycles. The second-order valence-corrected chi connectivity index (χ2v) is 5.08. The molecular formula is C14H16Cl2N4. The van der Waals surface area contributed by atoms with Gasteiger partial charge in [0, 0.05) is 12.6 Å². The smallest absolute Gasteiger partial charge is 0.135 e. The molecule has 2 rings (SSSR count). The van der Waals surface area contributed by atoms with E-state index in [9.17, 15) is 0 Å². The third-order valence-corrected chi connectivity index (χ3v) is 3.54. The highest BCUT2D eigenvalue weighted by molar-refractivity contribution is 6.43. The minimum Gasteiger partial charge on any atom is -0.370 e. The molecule has 0 aliphatic heterocycles. The lowest BCUT2D eigenvalue weighted by atomic mass is 10.3. The van der Waals surface area contributed by atoms with Gasteiger partial charge in [-0.2, -0.15) is 0 Å². The second-order valence-electron chi connectivity index (χ2n) is 4.30. The largest absolute Gasteiger partial charge is 0.370 e. The summed E-state index contributed by atoms with van der Waals surface area (Å²) < 4.78 is 0. The third kappa shape index (κ3) is 3.99. The molecule has 0 saturated carbocycles. The van der Waals surface area contributed by atoms with Crippen LogP contribution in [0.2, 0.25) is 10.0 Å². The van der Waals surface area contributed by atoms with Gasteiger partial charge in [-0.3, -0.25) is 0 Å². The highest BCUT2D eigenvalue weighted by atomic mass is 35.5. The van der Waals surface area contributed by atoms with Crippen LogP contribution in [0.5, 0.6) is 0 Å². The first-order chi connectivity index (χ1) is 9.70. The number of benzene rings is 1. The molecule has 0 bridgehead atoms. The fourth-order valence-electron chi connectivity index (χ4n) is 1.65. The SMILES string of the molecule is CCCCNc1cc(Nc2cccc(Cl)c2Cl)ncn1. The molecule has 20 heavy (non-hydrogen) atoms. The second kappa shape index (κ2) is 7.31. The Morgan fingerprint density at radius 1 is 1.15 bits per heavy atom. The Labute approximate surface area is 128 Å². The van der Waals surface area contributed by atoms with Gasteiger partial charge >= 0.3 is 0 Å². The summed E-state index contributed by atoms with van der Waals surface area (Å²) in [5, 5.41) is 7.37. The number of unbranched alkanes of at least 4 members (excludes halogenated alkanes) is 1. The van der Waals surface area contributed by atoms with Gasteiger partial charge in [-0.25, -0.2) is 9.97 Å². The Morgan fingerprint density at radius 3 is 2.75 bits per heavy atom. The number of anilines is 3. The van der Waals surface area contributed by atoms with Gasteiger partial charge in [0.15, 0.2) is 0 Å². The highest BCUT2D eigenvalue weighted by Gasteiger charge is 2.05. The molecule has 0 aliphatic carbocycles. The topological polar surface area (TPSA) is 49.8 Å². The van der Waals surface area contributed by atoms with Crippen LogP contribution in [-0.4, -0.2) is 16.5 Å². The molecule has 2 aromatic rings. The van der Waals surface area contributed by atoms with Crippen molar-refractivity contribution in [1.29, 1.82) is 0 Å². The number of rotatable bonds is 6. The summed E-state index contributed by atoms with van der Waals surface area (Å²) in [6.07, 6.45) is 3.75. The van der Waals surface area contributed by atoms with Gasteiger partial charge in [-0.15, -0.1) is 0 Å². The van der Waals surface area contributed by atoms with Gasteiger partial charge in [-0.05, 0) is 18.6 Å². The fraction of sp³-hybridized carbons (Fsp3) is 0.286. The lowest BCUT2D eigenvalue weighted by Gasteiger charge is -2.10. The Bertz CT molecular complexity index is 575. The van der Waals surface area contributed by atoms with E-state index in [-0.39, 0.29) is 0 Å². The van der Waals surface area contributed by atoms with Gasteiger partial charge in [0.1, 0.15) is 18.0 Å². The zero-order valence-electron chi connectivity index (χ0n) is 11.2. The Balaban J connectivity index is 2.09. The maximum Gasteiger partial charge on any atom is 0.135 e. The summed E-state index contributed by atoms with van der Waals surface area (Å²) in [5.74, 6) is 1.46. The van der Waals surface area contributed by atoms with Gasteiger partial charge < -0.3 is 10.6 Å². The van der Waals surface area contributed by atoms with Crippen molar-refractivity contribution < 1.29 is 0 Å². The van der Waals surface area contributed by atoms with Crippen LogP contribution >= 0.6 is 23.2 Å². The Morgan fingerprint density at radius 2 is 1.95 bits per heavy atom. The van der Waals surface area contributed by atoms with E-state index in [0.717, 1.165) is 30.9 Å². The maximum atomic E-state index is 6.13. The number of nitrogens with zero attached hydrogens (tertiary/aromatic N) is 2. The van der Waals surface area contributed by atoms with E-state index >= 15 is 0 Å². The molecule has 0 radical (unpaired) electrons. The van der Waals surface area contributed by atoms with E-state index in [1.165, 1.54) is 6.33 Å². The summed E-state index contributed by atoms with van der Waals surface area (Å²) in [6.45, 7) is 3.04. The molecule has 2 N–H and O–H groups in total. The molecule has 1 aromatic heterocycles. The summed E-state index contributed by atoms with van der Waals surface area (Å²) in [4.78, 5) is 8.34. The zero-order valence-corrected chi connectivity index (χ0v) is 12.7. The molecule has 0 atom stereocenters. The van der Waals surface area contributed by atoms with E-state index < -0.39 is 0 Å². The lowest BCUT2D eigenvalue weighted by Crippen LogP contribution is -2.04. The first-order valence-corrected chi connectivity index (χ1v) is 7.23. The van der Waals surface area contributed by atoms with Crippen molar-refractivity contribution in [2.45, 2.75) is 19.8 Å². The minimum atomic E-state index is 0.480. The van der Waals surface area contributed by atoms with Crippen molar-refractivity contribution in [2.24, 2.45) is 0 Å². The number of hydrogen-bond donors (Lipinski definition) is 2. The summed E-state index contributed by atoms with van der Waals surface area (Å²) >= 11 is 12.1. The van der Waals surface area contributed by atoms with E-state index in [4.69, 9.17) is 23.2 Å². The minimum absolute atomic E-state index is 0.480. The zero-order chi connectivity index (χ0) is 14.4. The standard InChI is InChI=1S/C14H16Cl2N4/c1-2-3-7-17-12-8-13(19-9-18-12)20-11-6-4-5-10(15)14(11)16/h4-6,8-9H,2-3,7H2,1H3,(H2,17,18,19,20). The van der Waals surface area contributed by atoms with Crippen molar-refractivity contribution >= 4 is 40.5 Å². The van der Waals surface area contributed by atoms with Crippen molar-refractivity contribution in [2.75, 3.05) is 17.2 Å². The molecular weight excluding hydrogens is 295 g/mol. The first kappa shape index (κ1) is 14.9. The Kier molecular flexibility index (Phi) is 5.44.